The van der Waals surface area contributed by atoms with Gasteiger partial charge in [-0.05, 0) is 35.9 Å². The molecule has 0 aliphatic heterocycles. The number of thioether (sulfide) groups is 1. The molecule has 0 N–H and O–H groups in total. The molecule has 1 aromatic carbocycles. The van der Waals surface area contributed by atoms with E-state index in [2.05, 4.69) is 29.8 Å². The van der Waals surface area contributed by atoms with Crippen LogP contribution in [0.25, 0.3) is 0 Å². The van der Waals surface area contributed by atoms with E-state index >= 15 is 0 Å². The molecule has 0 aliphatic carbocycles. The van der Waals surface area contributed by atoms with Gasteiger partial charge in [0.15, 0.2) is 0 Å². The van der Waals surface area contributed by atoms with E-state index in [1.807, 2.05) is 36.0 Å². The first kappa shape index (κ1) is 12.9. The number of halogens is 1. The topological polar surface area (TPSA) is 9.23 Å². The van der Waals surface area contributed by atoms with Crippen LogP contribution in [0.3, 0.4) is 0 Å². The smallest absolute Gasteiger partial charge is 0.119 e. The van der Waals surface area contributed by atoms with Crippen molar-refractivity contribution in [2.45, 2.75) is 13.8 Å². The van der Waals surface area contributed by atoms with Crippen LogP contribution < -0.4 is 4.74 Å². The van der Waals surface area contributed by atoms with Crippen LogP contribution in [0.2, 0.25) is 0 Å². The maximum atomic E-state index is 5.60. The monoisotopic (exact) mass is 288 g/mol. The maximum Gasteiger partial charge on any atom is 0.119 e. The van der Waals surface area contributed by atoms with E-state index in [0.29, 0.717) is 0 Å². The summed E-state index contributed by atoms with van der Waals surface area (Å²) in [5.74, 6) is 3.99. The van der Waals surface area contributed by atoms with Crippen LogP contribution in [0, 0.1) is 5.92 Å². The molecule has 1 rings (SSSR count). The van der Waals surface area contributed by atoms with Crippen LogP contribution in [-0.4, -0.2) is 18.1 Å². The molecule has 0 aromatic heterocycles. The van der Waals surface area contributed by atoms with Crippen molar-refractivity contribution < 1.29 is 4.74 Å². The largest absolute Gasteiger partial charge is 0.493 e. The highest BCUT2D eigenvalue weighted by atomic mass is 79.9. The fourth-order valence-corrected chi connectivity index (χ4v) is 2.17. The summed E-state index contributed by atoms with van der Waals surface area (Å²) in [6.07, 6.45) is 0. The highest BCUT2D eigenvalue weighted by Gasteiger charge is 1.96. The van der Waals surface area contributed by atoms with Gasteiger partial charge in [-0.15, -0.1) is 0 Å². The third-order valence-corrected chi connectivity index (χ3v) is 3.65. The highest BCUT2D eigenvalue weighted by molar-refractivity contribution is 9.10. The minimum Gasteiger partial charge on any atom is -0.493 e. The van der Waals surface area contributed by atoms with Gasteiger partial charge in [0, 0.05) is 10.2 Å². The SMILES string of the molecule is CC(C)CSCCOc1ccc(Br)cc1. The summed E-state index contributed by atoms with van der Waals surface area (Å²) >= 11 is 5.34. The molecular weight excluding hydrogens is 272 g/mol. The Morgan fingerprint density at radius 1 is 1.27 bits per heavy atom. The molecule has 3 heteroatoms. The van der Waals surface area contributed by atoms with Crippen molar-refractivity contribution in [3.63, 3.8) is 0 Å². The van der Waals surface area contributed by atoms with Crippen molar-refractivity contribution in [3.8, 4) is 5.75 Å². The fraction of sp³-hybridized carbons (Fsp3) is 0.500. The average molecular weight is 289 g/mol. The van der Waals surface area contributed by atoms with Crippen LogP contribution in [0.1, 0.15) is 13.8 Å². The van der Waals surface area contributed by atoms with E-state index in [0.717, 1.165) is 28.5 Å². The van der Waals surface area contributed by atoms with Gasteiger partial charge in [0.05, 0.1) is 6.61 Å². The first-order valence-electron chi connectivity index (χ1n) is 5.14. The highest BCUT2D eigenvalue weighted by Crippen LogP contribution is 2.16. The van der Waals surface area contributed by atoms with Gasteiger partial charge in [-0.25, -0.2) is 0 Å². The maximum absolute atomic E-state index is 5.60. The molecule has 0 unspecified atom stereocenters. The molecule has 0 atom stereocenters. The van der Waals surface area contributed by atoms with E-state index in [1.54, 1.807) is 0 Å². The Hall–Kier alpha value is -0.150. The molecule has 0 bridgehead atoms. The Labute approximate surface area is 105 Å². The Bertz CT molecular complexity index is 271. The number of hydrogen-bond acceptors (Lipinski definition) is 2. The standard InChI is InChI=1S/C12H17BrOS/c1-10(2)9-15-8-7-14-12-5-3-11(13)4-6-12/h3-6,10H,7-9H2,1-2H3. The second-order valence-corrected chi connectivity index (χ2v) is 5.84. The van der Waals surface area contributed by atoms with Crippen molar-refractivity contribution in [2.75, 3.05) is 18.1 Å². The fourth-order valence-electron chi connectivity index (χ4n) is 1.07. The van der Waals surface area contributed by atoms with Crippen molar-refractivity contribution in [1.29, 1.82) is 0 Å². The van der Waals surface area contributed by atoms with Crippen LogP contribution in [0.5, 0.6) is 5.75 Å². The summed E-state index contributed by atoms with van der Waals surface area (Å²) in [5.41, 5.74) is 0. The van der Waals surface area contributed by atoms with Crippen molar-refractivity contribution in [3.05, 3.63) is 28.7 Å². The predicted octanol–water partition coefficient (Wildman–Crippen LogP) is 4.22. The first-order chi connectivity index (χ1) is 7.18. The van der Waals surface area contributed by atoms with Crippen LogP contribution in [0.4, 0.5) is 0 Å². The van der Waals surface area contributed by atoms with E-state index in [9.17, 15) is 0 Å². The lowest BCUT2D eigenvalue weighted by atomic mass is 10.3. The normalized spacial score (nSPS) is 10.7. The molecule has 15 heavy (non-hydrogen) atoms. The summed E-state index contributed by atoms with van der Waals surface area (Å²) in [6.45, 7) is 5.27. The average Bonchev–Trinajstić information content (AvgIpc) is 2.20. The molecule has 0 amide bonds. The van der Waals surface area contributed by atoms with Crippen LogP contribution >= 0.6 is 27.7 Å². The summed E-state index contributed by atoms with van der Waals surface area (Å²) in [5, 5.41) is 0. The van der Waals surface area contributed by atoms with E-state index in [1.165, 1.54) is 5.75 Å². The van der Waals surface area contributed by atoms with Crippen molar-refractivity contribution in [1.82, 2.24) is 0 Å². The number of hydrogen-bond donors (Lipinski definition) is 0. The third kappa shape index (κ3) is 6.10. The van der Waals surface area contributed by atoms with Crippen LogP contribution in [-0.2, 0) is 0 Å². The van der Waals surface area contributed by atoms with E-state index in [-0.39, 0.29) is 0 Å². The Morgan fingerprint density at radius 2 is 1.93 bits per heavy atom. The van der Waals surface area contributed by atoms with E-state index in [4.69, 9.17) is 4.74 Å². The molecule has 0 heterocycles. The number of benzene rings is 1. The molecule has 0 spiro atoms. The van der Waals surface area contributed by atoms with Crippen LogP contribution in [0.15, 0.2) is 28.7 Å². The Morgan fingerprint density at radius 3 is 2.53 bits per heavy atom. The first-order valence-corrected chi connectivity index (χ1v) is 7.09. The summed E-state index contributed by atoms with van der Waals surface area (Å²) < 4.78 is 6.69. The minimum atomic E-state index is 0.766. The van der Waals surface area contributed by atoms with Crippen molar-refractivity contribution in [2.24, 2.45) is 5.92 Å². The number of ether oxygens (including phenoxy) is 1. The van der Waals surface area contributed by atoms with Gasteiger partial charge >= 0.3 is 0 Å². The Kier molecular flexibility index (Phi) is 6.18. The zero-order valence-corrected chi connectivity index (χ0v) is 11.6. The molecule has 0 fully saturated rings. The quantitative estimate of drug-likeness (QED) is 0.725. The molecule has 0 saturated heterocycles. The second kappa shape index (κ2) is 7.18. The summed E-state index contributed by atoms with van der Waals surface area (Å²) in [7, 11) is 0. The van der Waals surface area contributed by atoms with Crippen molar-refractivity contribution >= 4 is 27.7 Å². The lowest BCUT2D eigenvalue weighted by Gasteiger charge is -2.07. The molecule has 1 aromatic rings. The summed E-state index contributed by atoms with van der Waals surface area (Å²) in [4.78, 5) is 0. The molecule has 0 saturated carbocycles. The van der Waals surface area contributed by atoms with Gasteiger partial charge in [-0.1, -0.05) is 29.8 Å². The predicted molar refractivity (Wildman–Crippen MR) is 71.8 cm³/mol. The summed E-state index contributed by atoms with van der Waals surface area (Å²) in [6, 6.07) is 7.96. The second-order valence-electron chi connectivity index (χ2n) is 3.77. The van der Waals surface area contributed by atoms with E-state index < -0.39 is 0 Å². The van der Waals surface area contributed by atoms with Gasteiger partial charge < -0.3 is 4.74 Å². The molecule has 0 aliphatic rings. The van der Waals surface area contributed by atoms with Gasteiger partial charge in [0.2, 0.25) is 0 Å². The Balaban J connectivity index is 2.12. The van der Waals surface area contributed by atoms with Gasteiger partial charge in [0.25, 0.3) is 0 Å². The lowest BCUT2D eigenvalue weighted by molar-refractivity contribution is 0.344. The molecular formula is C12H17BrOS. The zero-order chi connectivity index (χ0) is 11.1. The molecule has 84 valence electrons. The van der Waals surface area contributed by atoms with Gasteiger partial charge in [0.1, 0.15) is 5.75 Å². The minimum absolute atomic E-state index is 0.766. The van der Waals surface area contributed by atoms with Gasteiger partial charge in [-0.3, -0.25) is 0 Å². The zero-order valence-electron chi connectivity index (χ0n) is 9.20. The van der Waals surface area contributed by atoms with Gasteiger partial charge in [-0.2, -0.15) is 11.8 Å². The number of rotatable bonds is 6. The lowest BCUT2D eigenvalue weighted by Crippen LogP contribution is -2.02. The third-order valence-electron chi connectivity index (χ3n) is 1.76. The molecule has 0 radical (unpaired) electrons. The molecule has 1 nitrogen and oxygen atoms in total.